The van der Waals surface area contributed by atoms with Crippen molar-refractivity contribution < 1.29 is 23.8 Å². The molecule has 0 heterocycles. The maximum Gasteiger partial charge on any atom is 0.306 e. The molecule has 0 aliphatic heterocycles. The molecule has 0 aromatic carbocycles. The van der Waals surface area contributed by atoms with Crippen LogP contribution in [-0.4, -0.2) is 37.9 Å². The summed E-state index contributed by atoms with van der Waals surface area (Å²) in [5.41, 5.74) is 0. The molecule has 0 fully saturated rings. The Bertz CT molecular complexity index is 1180. The zero-order valence-corrected chi connectivity index (χ0v) is 37.5. The van der Waals surface area contributed by atoms with E-state index in [9.17, 15) is 9.59 Å². The van der Waals surface area contributed by atoms with Crippen LogP contribution >= 0.6 is 0 Å². The Morgan fingerprint density at radius 2 is 0.724 bits per heavy atom. The van der Waals surface area contributed by atoms with Crippen molar-refractivity contribution in [3.8, 4) is 0 Å². The van der Waals surface area contributed by atoms with Crippen molar-refractivity contribution in [1.82, 2.24) is 0 Å². The highest BCUT2D eigenvalue weighted by Gasteiger charge is 2.17. The highest BCUT2D eigenvalue weighted by molar-refractivity contribution is 5.70. The number of carbonyl (C=O) groups is 2. The van der Waals surface area contributed by atoms with Gasteiger partial charge in [0, 0.05) is 19.4 Å². The van der Waals surface area contributed by atoms with Crippen molar-refractivity contribution in [1.29, 1.82) is 0 Å². The second-order valence-corrected chi connectivity index (χ2v) is 14.9. The number of esters is 2. The van der Waals surface area contributed by atoms with Gasteiger partial charge in [0.25, 0.3) is 0 Å². The number of hydrogen-bond acceptors (Lipinski definition) is 5. The van der Waals surface area contributed by atoms with E-state index < -0.39 is 6.10 Å². The largest absolute Gasteiger partial charge is 0.462 e. The summed E-state index contributed by atoms with van der Waals surface area (Å²) in [5.74, 6) is -0.482. The minimum atomic E-state index is -0.576. The topological polar surface area (TPSA) is 61.8 Å². The molecule has 0 amide bonds. The Labute approximate surface area is 357 Å². The van der Waals surface area contributed by atoms with Crippen LogP contribution in [0.1, 0.15) is 188 Å². The number of rotatable bonds is 41. The van der Waals surface area contributed by atoms with Gasteiger partial charge < -0.3 is 14.2 Å². The summed E-state index contributed by atoms with van der Waals surface area (Å²) in [6.07, 6.45) is 65.2. The summed E-state index contributed by atoms with van der Waals surface area (Å²) in [4.78, 5) is 25.3. The highest BCUT2D eigenvalue weighted by atomic mass is 16.6. The minimum absolute atomic E-state index is 0.0459. The fraction of sp³-hybridized carbons (Fsp3) is 0.623. The van der Waals surface area contributed by atoms with E-state index in [1.807, 2.05) is 0 Å². The first kappa shape index (κ1) is 54.6. The molecule has 1 atom stereocenters. The van der Waals surface area contributed by atoms with Crippen LogP contribution in [0.2, 0.25) is 0 Å². The molecular weight excluding hydrogens is 717 g/mol. The van der Waals surface area contributed by atoms with Gasteiger partial charge in [-0.05, 0) is 116 Å². The first-order valence-electron chi connectivity index (χ1n) is 23.4. The Balaban J connectivity index is 4.40. The number of hydrogen-bond donors (Lipinski definition) is 0. The Hall–Kier alpha value is -3.44. The molecule has 58 heavy (non-hydrogen) atoms. The average molecular weight is 803 g/mol. The van der Waals surface area contributed by atoms with Gasteiger partial charge >= 0.3 is 11.9 Å². The lowest BCUT2D eigenvalue weighted by molar-refractivity contribution is -0.163. The van der Waals surface area contributed by atoms with Crippen LogP contribution in [0.3, 0.4) is 0 Å². The first-order chi connectivity index (χ1) is 28.6. The molecule has 0 aromatic rings. The molecule has 0 spiro atoms. The zero-order chi connectivity index (χ0) is 42.1. The maximum absolute atomic E-state index is 12.7. The predicted molar refractivity (Wildman–Crippen MR) is 251 cm³/mol. The third-order valence-electron chi connectivity index (χ3n) is 9.29. The molecule has 0 bridgehead atoms. The number of carbonyl (C=O) groups excluding carboxylic acids is 2. The van der Waals surface area contributed by atoms with E-state index in [2.05, 4.69) is 130 Å². The van der Waals surface area contributed by atoms with Crippen molar-refractivity contribution in [3.63, 3.8) is 0 Å². The smallest absolute Gasteiger partial charge is 0.306 e. The highest BCUT2D eigenvalue weighted by Crippen LogP contribution is 2.11. The van der Waals surface area contributed by atoms with E-state index in [4.69, 9.17) is 14.2 Å². The lowest BCUT2D eigenvalue weighted by atomic mass is 10.1. The van der Waals surface area contributed by atoms with E-state index >= 15 is 0 Å². The normalized spacial score (nSPS) is 13.2. The first-order valence-corrected chi connectivity index (χ1v) is 23.4. The summed E-state index contributed by atoms with van der Waals surface area (Å²) in [6.45, 7) is 7.37. The third kappa shape index (κ3) is 45.3. The van der Waals surface area contributed by atoms with Crippen molar-refractivity contribution in [2.75, 3.05) is 19.8 Å². The Morgan fingerprint density at radius 1 is 0.379 bits per heavy atom. The molecule has 0 aromatic heterocycles. The Morgan fingerprint density at radius 3 is 1.16 bits per heavy atom. The van der Waals surface area contributed by atoms with Gasteiger partial charge in [0.05, 0.1) is 6.61 Å². The van der Waals surface area contributed by atoms with E-state index in [1.165, 1.54) is 25.7 Å². The van der Waals surface area contributed by atoms with Crippen LogP contribution < -0.4 is 0 Å². The van der Waals surface area contributed by atoms with Crippen LogP contribution in [0.5, 0.6) is 0 Å². The molecule has 0 saturated heterocycles. The molecule has 0 aliphatic rings. The maximum atomic E-state index is 12.7. The van der Waals surface area contributed by atoms with Gasteiger partial charge in [-0.15, -0.1) is 0 Å². The molecule has 0 rings (SSSR count). The monoisotopic (exact) mass is 803 g/mol. The summed E-state index contributed by atoms with van der Waals surface area (Å²) >= 11 is 0. The number of ether oxygens (including phenoxy) is 3. The van der Waals surface area contributed by atoms with Crippen molar-refractivity contribution in [2.24, 2.45) is 0 Å². The molecule has 0 aliphatic carbocycles. The van der Waals surface area contributed by atoms with Gasteiger partial charge in [-0.3, -0.25) is 9.59 Å². The van der Waals surface area contributed by atoms with E-state index in [1.54, 1.807) is 0 Å². The second-order valence-electron chi connectivity index (χ2n) is 14.9. The van der Waals surface area contributed by atoms with Crippen LogP contribution in [0.15, 0.2) is 109 Å². The summed E-state index contributed by atoms with van der Waals surface area (Å²) < 4.78 is 17.3. The van der Waals surface area contributed by atoms with Crippen molar-refractivity contribution in [3.05, 3.63) is 109 Å². The predicted octanol–water partition coefficient (Wildman–Crippen LogP) is 15.7. The molecule has 1 unspecified atom stereocenters. The summed E-state index contributed by atoms with van der Waals surface area (Å²) in [7, 11) is 0. The third-order valence-corrected chi connectivity index (χ3v) is 9.29. The van der Waals surface area contributed by atoms with Gasteiger partial charge in [-0.1, -0.05) is 169 Å². The fourth-order valence-electron chi connectivity index (χ4n) is 5.90. The van der Waals surface area contributed by atoms with Gasteiger partial charge in [-0.2, -0.15) is 0 Å². The van der Waals surface area contributed by atoms with E-state index in [0.29, 0.717) is 19.4 Å². The fourth-order valence-corrected chi connectivity index (χ4v) is 5.90. The standard InChI is InChI=1S/C53H86O5/c1-4-7-10-13-16-19-22-25-26-27-30-33-36-39-42-45-48-56-49-51(58-53(55)47-44-41-38-35-32-29-24-21-18-15-12-9-6-3)50-57-52(54)46-43-40-37-34-31-28-23-20-17-14-11-8-5-2/h7-12,16-21,25-26,28-29,31-32,51H,4-6,13-15,22-24,27,30,33-50H2,1-3H3/b10-7-,11-8-,12-9-,19-16-,20-17-,21-18-,26-25-,31-28-,32-29-. The molecule has 328 valence electrons. The number of unbranched alkanes of at least 4 members (excludes halogenated alkanes) is 12. The molecule has 5 heteroatoms. The quantitative estimate of drug-likeness (QED) is 0.0350. The summed E-state index contributed by atoms with van der Waals surface area (Å²) in [6, 6.07) is 0. The molecule has 0 saturated carbocycles. The van der Waals surface area contributed by atoms with E-state index in [0.717, 1.165) is 128 Å². The average Bonchev–Trinajstić information content (AvgIpc) is 3.22. The van der Waals surface area contributed by atoms with Crippen LogP contribution in [0.4, 0.5) is 0 Å². The van der Waals surface area contributed by atoms with Crippen molar-refractivity contribution in [2.45, 2.75) is 194 Å². The van der Waals surface area contributed by atoms with Crippen LogP contribution in [0, 0.1) is 0 Å². The zero-order valence-electron chi connectivity index (χ0n) is 37.5. The molecule has 5 nitrogen and oxygen atoms in total. The second kappa shape index (κ2) is 47.9. The minimum Gasteiger partial charge on any atom is -0.462 e. The van der Waals surface area contributed by atoms with Gasteiger partial charge in [-0.25, -0.2) is 0 Å². The molecular formula is C53H86O5. The van der Waals surface area contributed by atoms with Gasteiger partial charge in [0.15, 0.2) is 6.10 Å². The molecule has 0 N–H and O–H groups in total. The van der Waals surface area contributed by atoms with Crippen LogP contribution in [-0.2, 0) is 23.8 Å². The van der Waals surface area contributed by atoms with Gasteiger partial charge in [0.2, 0.25) is 0 Å². The van der Waals surface area contributed by atoms with Gasteiger partial charge in [0.1, 0.15) is 6.61 Å². The lowest BCUT2D eigenvalue weighted by Gasteiger charge is -2.18. The lowest BCUT2D eigenvalue weighted by Crippen LogP contribution is -2.30. The van der Waals surface area contributed by atoms with E-state index in [-0.39, 0.29) is 25.2 Å². The molecule has 0 radical (unpaired) electrons. The summed E-state index contributed by atoms with van der Waals surface area (Å²) in [5, 5.41) is 0. The Kier molecular flexibility index (Phi) is 45.1. The van der Waals surface area contributed by atoms with Crippen LogP contribution in [0.25, 0.3) is 0 Å². The van der Waals surface area contributed by atoms with Crippen molar-refractivity contribution >= 4 is 11.9 Å². The number of allylic oxidation sites excluding steroid dienone is 18. The SMILES string of the molecule is CC/C=C\C/C=C\C/C=C\CCCCCCCCOCC(COC(=O)CCCCC/C=C\C/C=C\C/C=C\CC)OC(=O)CCCCC/C=C\C/C=C\C/C=C\CC.